The Bertz CT molecular complexity index is 567. The van der Waals surface area contributed by atoms with Gasteiger partial charge in [0.05, 0.1) is 10.5 Å². The number of nitrogens with zero attached hydrogens (tertiary/aromatic N) is 2. The van der Waals surface area contributed by atoms with E-state index in [0.29, 0.717) is 6.54 Å². The number of likely N-dealkylation sites (N-methyl/N-ethyl adjacent to an activating group) is 1. The Morgan fingerprint density at radius 1 is 1.48 bits per heavy atom. The molecule has 0 heterocycles. The second-order valence-corrected chi connectivity index (χ2v) is 5.65. The fourth-order valence-electron chi connectivity index (χ4n) is 2.62. The van der Waals surface area contributed by atoms with Crippen LogP contribution in [0, 0.1) is 10.1 Å². The molecule has 0 saturated heterocycles. The quantitative estimate of drug-likeness (QED) is 0.485. The highest BCUT2D eigenvalue weighted by atomic mass is 16.6. The molecule has 0 aromatic heterocycles. The third-order valence-corrected chi connectivity index (χ3v) is 4.34. The van der Waals surface area contributed by atoms with Gasteiger partial charge in [-0.15, -0.1) is 0 Å². The number of rotatable bonds is 5. The molecule has 0 aliphatic heterocycles. The molecule has 1 saturated carbocycles. The van der Waals surface area contributed by atoms with Gasteiger partial charge in [0.1, 0.15) is 5.69 Å². The molecule has 7 heteroatoms. The van der Waals surface area contributed by atoms with Crippen LogP contribution in [0.15, 0.2) is 18.2 Å². The largest absolute Gasteiger partial charge is 0.393 e. The van der Waals surface area contributed by atoms with Crippen molar-refractivity contribution in [3.05, 3.63) is 33.9 Å². The number of amides is 1. The predicted octanol–water partition coefficient (Wildman–Crippen LogP) is 1.39. The van der Waals surface area contributed by atoms with Gasteiger partial charge in [-0.2, -0.15) is 0 Å². The lowest BCUT2D eigenvalue weighted by Gasteiger charge is -2.47. The third kappa shape index (κ3) is 2.82. The Hall–Kier alpha value is -2.15. The molecule has 1 fully saturated rings. The number of nitrogens with one attached hydrogen (secondary N) is 1. The summed E-state index contributed by atoms with van der Waals surface area (Å²) in [7, 11) is 3.99. The minimum atomic E-state index is -0.584. The van der Waals surface area contributed by atoms with Gasteiger partial charge < -0.3 is 16.0 Å². The van der Waals surface area contributed by atoms with E-state index in [2.05, 4.69) is 10.2 Å². The van der Waals surface area contributed by atoms with Crippen molar-refractivity contribution in [2.45, 2.75) is 24.8 Å². The van der Waals surface area contributed by atoms with Gasteiger partial charge in [-0.3, -0.25) is 14.9 Å². The standard InChI is InChI=1S/C14H20N4O3/c1-17(2)14(7-4-8-14)9-16-13(19)10-5-3-6-11(12(10)15)18(20)21/h3,5-6H,4,7-9,15H2,1-2H3,(H,16,19). The summed E-state index contributed by atoms with van der Waals surface area (Å²) < 4.78 is 0. The van der Waals surface area contributed by atoms with E-state index < -0.39 is 4.92 Å². The number of hydrogen-bond acceptors (Lipinski definition) is 5. The summed E-state index contributed by atoms with van der Waals surface area (Å²) in [4.78, 5) is 24.6. The van der Waals surface area contributed by atoms with Gasteiger partial charge in [0, 0.05) is 18.2 Å². The molecule has 1 aliphatic carbocycles. The van der Waals surface area contributed by atoms with Crippen molar-refractivity contribution in [3.63, 3.8) is 0 Å². The van der Waals surface area contributed by atoms with E-state index in [1.807, 2.05) is 14.1 Å². The summed E-state index contributed by atoms with van der Waals surface area (Å²) in [5.74, 6) is -0.371. The first-order valence-corrected chi connectivity index (χ1v) is 6.86. The SMILES string of the molecule is CN(C)C1(CNC(=O)c2cccc([N+](=O)[O-])c2N)CCC1. The number of nitrogens with two attached hydrogens (primary N) is 1. The Kier molecular flexibility index (Phi) is 4.13. The zero-order chi connectivity index (χ0) is 15.6. The molecule has 1 aliphatic rings. The number of hydrogen-bond donors (Lipinski definition) is 2. The van der Waals surface area contributed by atoms with E-state index in [1.54, 1.807) is 0 Å². The molecule has 0 spiro atoms. The zero-order valence-electron chi connectivity index (χ0n) is 12.3. The first-order valence-electron chi connectivity index (χ1n) is 6.86. The monoisotopic (exact) mass is 292 g/mol. The van der Waals surface area contributed by atoms with Gasteiger partial charge in [0.15, 0.2) is 0 Å². The number of carbonyl (C=O) groups excluding carboxylic acids is 1. The average molecular weight is 292 g/mol. The highest BCUT2D eigenvalue weighted by Gasteiger charge is 2.39. The van der Waals surface area contributed by atoms with Crippen LogP contribution < -0.4 is 11.1 Å². The van der Waals surface area contributed by atoms with E-state index in [4.69, 9.17) is 5.73 Å². The molecule has 1 amide bonds. The summed E-state index contributed by atoms with van der Waals surface area (Å²) in [5, 5.41) is 13.7. The molecule has 3 N–H and O–H groups in total. The number of nitro benzene ring substituents is 1. The first kappa shape index (κ1) is 15.2. The van der Waals surface area contributed by atoms with Gasteiger partial charge in [-0.05, 0) is 39.4 Å². The lowest BCUT2D eigenvalue weighted by Crippen LogP contribution is -2.57. The number of para-hydroxylation sites is 1. The molecule has 0 atom stereocenters. The van der Waals surface area contributed by atoms with Crippen LogP contribution in [-0.2, 0) is 0 Å². The van der Waals surface area contributed by atoms with E-state index >= 15 is 0 Å². The van der Waals surface area contributed by atoms with Crippen LogP contribution in [0.3, 0.4) is 0 Å². The van der Waals surface area contributed by atoms with Crippen molar-refractivity contribution in [3.8, 4) is 0 Å². The molecule has 0 radical (unpaired) electrons. The maximum Gasteiger partial charge on any atom is 0.292 e. The highest BCUT2D eigenvalue weighted by molar-refractivity contribution is 6.01. The fraction of sp³-hybridized carbons (Fsp3) is 0.500. The zero-order valence-corrected chi connectivity index (χ0v) is 12.3. The molecule has 21 heavy (non-hydrogen) atoms. The van der Waals surface area contributed by atoms with E-state index in [9.17, 15) is 14.9 Å². The topological polar surface area (TPSA) is 102 Å². The van der Waals surface area contributed by atoms with Gasteiger partial charge in [-0.25, -0.2) is 0 Å². The van der Waals surface area contributed by atoms with Crippen LogP contribution >= 0.6 is 0 Å². The van der Waals surface area contributed by atoms with Crippen molar-refractivity contribution < 1.29 is 9.72 Å². The average Bonchev–Trinajstić information content (AvgIpc) is 2.36. The molecule has 114 valence electrons. The Morgan fingerprint density at radius 2 is 2.14 bits per heavy atom. The maximum absolute atomic E-state index is 12.2. The summed E-state index contributed by atoms with van der Waals surface area (Å²) in [6.07, 6.45) is 3.21. The van der Waals surface area contributed by atoms with Crippen molar-refractivity contribution >= 4 is 17.3 Å². The Labute approximate surface area is 123 Å². The van der Waals surface area contributed by atoms with Crippen LogP contribution in [0.1, 0.15) is 29.6 Å². The number of nitrogen functional groups attached to an aromatic ring is 1. The van der Waals surface area contributed by atoms with Crippen LogP contribution in [0.5, 0.6) is 0 Å². The summed E-state index contributed by atoms with van der Waals surface area (Å²) in [6.45, 7) is 0.515. The molecular weight excluding hydrogens is 272 g/mol. The van der Waals surface area contributed by atoms with Gasteiger partial charge in [0.2, 0.25) is 0 Å². The van der Waals surface area contributed by atoms with Crippen molar-refractivity contribution in [2.24, 2.45) is 0 Å². The number of anilines is 1. The van der Waals surface area contributed by atoms with Crippen LogP contribution in [0.2, 0.25) is 0 Å². The predicted molar refractivity (Wildman–Crippen MR) is 80.1 cm³/mol. The lowest BCUT2D eigenvalue weighted by atomic mass is 9.75. The van der Waals surface area contributed by atoms with Crippen molar-refractivity contribution in [1.82, 2.24) is 10.2 Å². The number of carbonyl (C=O) groups is 1. The van der Waals surface area contributed by atoms with Crippen LogP contribution in [0.4, 0.5) is 11.4 Å². The lowest BCUT2D eigenvalue weighted by molar-refractivity contribution is -0.383. The minimum Gasteiger partial charge on any atom is -0.393 e. The van der Waals surface area contributed by atoms with Crippen LogP contribution in [-0.4, -0.2) is 41.9 Å². The summed E-state index contributed by atoms with van der Waals surface area (Å²) in [6, 6.07) is 4.26. The smallest absolute Gasteiger partial charge is 0.292 e. The van der Waals surface area contributed by atoms with Gasteiger partial charge in [0.25, 0.3) is 11.6 Å². The van der Waals surface area contributed by atoms with E-state index in [1.165, 1.54) is 18.2 Å². The van der Waals surface area contributed by atoms with E-state index in [-0.39, 0.29) is 28.4 Å². The van der Waals surface area contributed by atoms with Gasteiger partial charge in [-0.1, -0.05) is 6.07 Å². The second kappa shape index (κ2) is 5.69. The van der Waals surface area contributed by atoms with Crippen molar-refractivity contribution in [2.75, 3.05) is 26.4 Å². The van der Waals surface area contributed by atoms with Gasteiger partial charge >= 0.3 is 0 Å². The maximum atomic E-state index is 12.2. The summed E-state index contributed by atoms with van der Waals surface area (Å²) in [5.41, 5.74) is 5.53. The third-order valence-electron chi connectivity index (χ3n) is 4.34. The Balaban J connectivity index is 2.11. The number of nitro groups is 1. The normalized spacial score (nSPS) is 16.3. The van der Waals surface area contributed by atoms with Crippen molar-refractivity contribution in [1.29, 1.82) is 0 Å². The van der Waals surface area contributed by atoms with Crippen LogP contribution in [0.25, 0.3) is 0 Å². The number of benzene rings is 1. The first-order chi connectivity index (χ1) is 9.87. The minimum absolute atomic E-state index is 0.00879. The highest BCUT2D eigenvalue weighted by Crippen LogP contribution is 2.35. The Morgan fingerprint density at radius 3 is 2.62 bits per heavy atom. The molecule has 2 rings (SSSR count). The summed E-state index contributed by atoms with van der Waals surface area (Å²) >= 11 is 0. The molecule has 7 nitrogen and oxygen atoms in total. The second-order valence-electron chi connectivity index (χ2n) is 5.65. The molecule has 0 unspecified atom stereocenters. The molecule has 1 aromatic rings. The molecule has 0 bridgehead atoms. The van der Waals surface area contributed by atoms with E-state index in [0.717, 1.165) is 19.3 Å². The molecular formula is C14H20N4O3. The fourth-order valence-corrected chi connectivity index (χ4v) is 2.62. The molecule has 1 aromatic carbocycles.